The van der Waals surface area contributed by atoms with Crippen LogP contribution in [0.3, 0.4) is 0 Å². The third-order valence-corrected chi connectivity index (χ3v) is 10.9. The van der Waals surface area contributed by atoms with E-state index in [0.29, 0.717) is 5.65 Å². The molecule has 4 bridgehead atoms. The minimum Gasteiger partial charge on any atom is -0.507 e. The molecule has 13 heteroatoms. The molecule has 2 aliphatic heterocycles. The fraction of sp³-hybridized carbons (Fsp3) is 0.425. The highest BCUT2D eigenvalue weighted by Gasteiger charge is 2.48. The molecule has 2 aliphatic rings. The van der Waals surface area contributed by atoms with Crippen LogP contribution in [-0.4, -0.2) is 83.9 Å². The quantitative estimate of drug-likeness (QED) is 0.140. The van der Waals surface area contributed by atoms with E-state index in [0.717, 1.165) is 5.56 Å². The number of hydrogen-bond acceptors (Lipinski definition) is 11. The maximum absolute atomic E-state index is 14.3. The maximum Gasteiger partial charge on any atom is 0.312 e. The fourth-order valence-electron chi connectivity index (χ4n) is 7.43. The SMILES string of the molecule is CO[C@H]1/C=C/O[C@@]2(C)Oc3cc(O)c4c(O)c(c5c(nc6cc(C)ccn65)c4c3C2=O)NC(=O)/C(C)=C\C=C\[C@H](C)C(O)[C@@H](C)[C@@H](O)[C@@H](C)C(O)[C@@H]1C. The van der Waals surface area contributed by atoms with Gasteiger partial charge in [-0.3, -0.25) is 14.0 Å². The van der Waals surface area contributed by atoms with Gasteiger partial charge in [-0.25, -0.2) is 4.98 Å². The number of carbonyl (C=O) groups is 2. The second-order valence-electron chi connectivity index (χ2n) is 14.6. The highest BCUT2D eigenvalue weighted by atomic mass is 16.7. The number of rotatable bonds is 1. The van der Waals surface area contributed by atoms with Crippen molar-refractivity contribution in [1.82, 2.24) is 9.38 Å². The highest BCUT2D eigenvalue weighted by Crippen LogP contribution is 2.52. The number of aromatic nitrogens is 2. The Bertz CT molecular complexity index is 2210. The normalized spacial score (nSPS) is 32.4. The number of imidazole rings is 1. The number of pyridine rings is 1. The van der Waals surface area contributed by atoms with Gasteiger partial charge in [0, 0.05) is 60.9 Å². The molecule has 282 valence electrons. The number of hydrogen-bond donors (Lipinski definition) is 6. The molecule has 9 atom stereocenters. The molecule has 0 aliphatic carbocycles. The van der Waals surface area contributed by atoms with Crippen LogP contribution >= 0.6 is 0 Å². The lowest BCUT2D eigenvalue weighted by atomic mass is 9.78. The van der Waals surface area contributed by atoms with Crippen molar-refractivity contribution in [3.05, 3.63) is 71.7 Å². The van der Waals surface area contributed by atoms with Crippen molar-refractivity contribution in [2.24, 2.45) is 23.7 Å². The first kappa shape index (κ1) is 37.8. The van der Waals surface area contributed by atoms with Crippen molar-refractivity contribution in [2.45, 2.75) is 78.7 Å². The first-order chi connectivity index (χ1) is 25.0. The Morgan fingerprint density at radius 2 is 1.62 bits per heavy atom. The van der Waals surface area contributed by atoms with Crippen LogP contribution < -0.4 is 10.1 Å². The van der Waals surface area contributed by atoms with Crippen molar-refractivity contribution >= 4 is 44.8 Å². The minimum absolute atomic E-state index is 0.00172. The van der Waals surface area contributed by atoms with Crippen LogP contribution in [0.1, 0.15) is 57.5 Å². The zero-order valence-corrected chi connectivity index (χ0v) is 31.0. The molecule has 4 aromatic rings. The van der Waals surface area contributed by atoms with Crippen molar-refractivity contribution in [3.63, 3.8) is 0 Å². The van der Waals surface area contributed by atoms with Crippen LogP contribution in [-0.2, 0) is 14.3 Å². The number of benzene rings is 2. The number of ketones is 1. The Hall–Kier alpha value is -4.95. The number of phenols is 2. The largest absolute Gasteiger partial charge is 0.507 e. The Balaban J connectivity index is 1.56. The molecule has 53 heavy (non-hydrogen) atoms. The first-order valence-electron chi connectivity index (χ1n) is 17.6. The number of Topliss-reactive ketones (excluding diaryl/α,β-unsaturated/α-hetero) is 1. The molecule has 2 unspecified atom stereocenters. The number of aryl methyl sites for hydroxylation is 1. The number of nitrogens with one attached hydrogen (secondary N) is 1. The number of aliphatic hydroxyl groups excluding tert-OH is 3. The second-order valence-corrected chi connectivity index (χ2v) is 14.6. The number of carbonyl (C=O) groups excluding carboxylic acids is 2. The third kappa shape index (κ3) is 6.41. The predicted molar refractivity (Wildman–Crippen MR) is 199 cm³/mol. The summed E-state index contributed by atoms with van der Waals surface area (Å²) >= 11 is 0. The van der Waals surface area contributed by atoms with Crippen molar-refractivity contribution < 1.29 is 49.3 Å². The van der Waals surface area contributed by atoms with E-state index in [9.17, 15) is 35.1 Å². The summed E-state index contributed by atoms with van der Waals surface area (Å²) in [6.45, 7) is 11.8. The predicted octanol–water partition coefficient (Wildman–Crippen LogP) is 5.28. The van der Waals surface area contributed by atoms with Gasteiger partial charge in [0.15, 0.2) is 5.75 Å². The number of nitrogens with zero attached hydrogens (tertiary/aromatic N) is 2. The monoisotopic (exact) mass is 729 g/mol. The summed E-state index contributed by atoms with van der Waals surface area (Å²) in [5.41, 5.74) is 2.08. The topological polar surface area (TPSA) is 192 Å². The van der Waals surface area contributed by atoms with Crippen LogP contribution in [0.25, 0.3) is 27.5 Å². The molecule has 4 heterocycles. The highest BCUT2D eigenvalue weighted by molar-refractivity contribution is 6.28. The number of amides is 1. The molecular weight excluding hydrogens is 682 g/mol. The number of methoxy groups -OCH3 is 1. The first-order valence-corrected chi connectivity index (χ1v) is 17.6. The minimum atomic E-state index is -1.92. The lowest BCUT2D eigenvalue weighted by molar-refractivity contribution is -0.112. The third-order valence-electron chi connectivity index (χ3n) is 10.9. The molecule has 6 N–H and O–H groups in total. The van der Waals surface area contributed by atoms with E-state index in [4.69, 9.17) is 19.2 Å². The summed E-state index contributed by atoms with van der Waals surface area (Å²) in [6, 6.07) is 4.85. The molecule has 0 spiro atoms. The number of anilines is 1. The molecule has 0 saturated carbocycles. The summed E-state index contributed by atoms with van der Waals surface area (Å²) in [4.78, 5) is 32.8. The van der Waals surface area contributed by atoms with Gasteiger partial charge in [-0.1, -0.05) is 45.9 Å². The molecule has 2 aromatic carbocycles. The van der Waals surface area contributed by atoms with E-state index < -0.39 is 77.1 Å². The van der Waals surface area contributed by atoms with Gasteiger partial charge in [-0.2, -0.15) is 0 Å². The van der Waals surface area contributed by atoms with Crippen LogP contribution in [0.15, 0.2) is 60.5 Å². The van der Waals surface area contributed by atoms with Crippen LogP contribution in [0, 0.1) is 30.6 Å². The fourth-order valence-corrected chi connectivity index (χ4v) is 7.43. The maximum atomic E-state index is 14.3. The van der Waals surface area contributed by atoms with E-state index in [1.54, 1.807) is 69.5 Å². The average molecular weight is 730 g/mol. The summed E-state index contributed by atoms with van der Waals surface area (Å²) in [6.07, 6.45) is 5.53. The molecule has 0 radical (unpaired) electrons. The van der Waals surface area contributed by atoms with Gasteiger partial charge in [0.1, 0.15) is 33.9 Å². The molecule has 0 saturated heterocycles. The zero-order chi connectivity index (χ0) is 38.7. The van der Waals surface area contributed by atoms with Crippen LogP contribution in [0.5, 0.6) is 17.2 Å². The van der Waals surface area contributed by atoms with E-state index in [2.05, 4.69) is 5.32 Å². The summed E-state index contributed by atoms with van der Waals surface area (Å²) in [7, 11) is 1.46. The Morgan fingerprint density at radius 1 is 0.943 bits per heavy atom. The lowest BCUT2D eigenvalue weighted by Gasteiger charge is -2.36. The zero-order valence-electron chi connectivity index (χ0n) is 31.0. The van der Waals surface area contributed by atoms with Gasteiger partial charge in [0.2, 0.25) is 0 Å². The lowest BCUT2D eigenvalue weighted by Crippen LogP contribution is -2.44. The Morgan fingerprint density at radius 3 is 2.32 bits per heavy atom. The van der Waals surface area contributed by atoms with Crippen molar-refractivity contribution in [2.75, 3.05) is 12.4 Å². The van der Waals surface area contributed by atoms with Gasteiger partial charge >= 0.3 is 5.79 Å². The molecule has 2 aromatic heterocycles. The van der Waals surface area contributed by atoms with Gasteiger partial charge < -0.3 is 45.1 Å². The Kier molecular flexibility index (Phi) is 10.1. The van der Waals surface area contributed by atoms with Gasteiger partial charge in [-0.05, 0) is 37.6 Å². The van der Waals surface area contributed by atoms with Gasteiger partial charge in [0.05, 0.1) is 41.6 Å². The van der Waals surface area contributed by atoms with Crippen LogP contribution in [0.4, 0.5) is 5.69 Å². The molecule has 0 fully saturated rings. The number of ether oxygens (including phenoxy) is 3. The smallest absolute Gasteiger partial charge is 0.312 e. The molecular formula is C40H47N3O10. The molecule has 1 amide bonds. The standard InChI is InChI=1S/C40H47N3O10/c1-18-12-14-43-27(16-18)41-31-30-28-24(44)17-26-29(30)38(49)40(7,53-26)52-15-13-25(51-8)21(4)35(46)23(6)36(47)22(5)34(45)19(2)10-9-11-20(3)39(50)42-32(33(31)43)37(28)48/h9-17,19,21-23,25,34-36,44-48H,1-8H3,(H,42,50)/b10-9+,15-13+,20-11-/t19-,21+,22+,23-,25-,34?,35?,36+,40-/m0/s1. The second kappa shape index (κ2) is 14.1. The molecule has 6 rings (SSSR count). The van der Waals surface area contributed by atoms with Gasteiger partial charge in [-0.15, -0.1) is 0 Å². The average Bonchev–Trinajstić information content (AvgIpc) is 3.62. The number of phenolic OH excluding ortho intramolecular Hbond substituents is 2. The van der Waals surface area contributed by atoms with Crippen molar-refractivity contribution in [1.29, 1.82) is 0 Å². The van der Waals surface area contributed by atoms with Crippen LogP contribution in [0.2, 0.25) is 0 Å². The number of fused-ring (bicyclic) bond motifs is 2. The van der Waals surface area contributed by atoms with E-state index in [-0.39, 0.29) is 44.4 Å². The Labute approximate surface area is 306 Å². The number of allylic oxidation sites excluding steroid dienone is 2. The summed E-state index contributed by atoms with van der Waals surface area (Å²) < 4.78 is 19.3. The molecule has 13 nitrogen and oxygen atoms in total. The summed E-state index contributed by atoms with van der Waals surface area (Å²) in [5.74, 6) is -6.32. The van der Waals surface area contributed by atoms with Gasteiger partial charge in [0.25, 0.3) is 11.7 Å². The van der Waals surface area contributed by atoms with Crippen molar-refractivity contribution in [3.8, 4) is 17.2 Å². The van der Waals surface area contributed by atoms with E-state index in [1.807, 2.05) is 13.0 Å². The summed E-state index contributed by atoms with van der Waals surface area (Å²) in [5, 5.41) is 59.7. The number of aromatic hydroxyl groups is 2. The van der Waals surface area contributed by atoms with E-state index in [1.165, 1.54) is 32.4 Å². The number of aliphatic hydroxyl groups is 3. The van der Waals surface area contributed by atoms with E-state index >= 15 is 0 Å².